The van der Waals surface area contributed by atoms with Crippen LogP contribution < -0.4 is 0 Å². The first-order chi connectivity index (χ1) is 30.4. The van der Waals surface area contributed by atoms with E-state index in [-0.39, 0.29) is 12.8 Å². The Morgan fingerprint density at radius 2 is 0.921 bits per heavy atom. The van der Waals surface area contributed by atoms with Gasteiger partial charge in [0.15, 0.2) is 6.10 Å². The zero-order valence-corrected chi connectivity index (χ0v) is 39.8. The van der Waals surface area contributed by atoms with Gasteiger partial charge in [0.2, 0.25) is 0 Å². The maximum absolute atomic E-state index is 12.8. The summed E-state index contributed by atoms with van der Waals surface area (Å²) in [5.74, 6) is -1.13. The summed E-state index contributed by atoms with van der Waals surface area (Å²) in [6, 6.07) is 0. The maximum Gasteiger partial charge on any atom is 0.472 e. The van der Waals surface area contributed by atoms with Crippen LogP contribution in [0.3, 0.4) is 0 Å². The van der Waals surface area contributed by atoms with E-state index >= 15 is 0 Å². The highest BCUT2D eigenvalue weighted by Crippen LogP contribution is 2.47. The van der Waals surface area contributed by atoms with Gasteiger partial charge >= 0.3 is 19.8 Å². The lowest BCUT2D eigenvalue weighted by Crippen LogP contribution is -2.64. The van der Waals surface area contributed by atoms with Gasteiger partial charge in [-0.15, -0.1) is 0 Å². The number of aliphatic hydroxyl groups is 5. The molecule has 7 unspecified atom stereocenters. The van der Waals surface area contributed by atoms with Gasteiger partial charge in [0.1, 0.15) is 43.2 Å². The highest BCUT2D eigenvalue weighted by Gasteiger charge is 2.51. The molecule has 8 atom stereocenters. The van der Waals surface area contributed by atoms with Crippen molar-refractivity contribution in [2.75, 3.05) is 13.2 Å². The average molecular weight is 915 g/mol. The van der Waals surface area contributed by atoms with E-state index in [0.717, 1.165) is 70.6 Å². The fourth-order valence-corrected chi connectivity index (χ4v) is 8.25. The van der Waals surface area contributed by atoms with E-state index in [2.05, 4.69) is 38.2 Å². The van der Waals surface area contributed by atoms with E-state index < -0.39 is 75.7 Å². The molecule has 6 N–H and O–H groups in total. The summed E-state index contributed by atoms with van der Waals surface area (Å²) in [5, 5.41) is 50.2. The number of hydrogen-bond acceptors (Lipinski definition) is 12. The Hall–Kier alpha value is -2.19. The molecule has 1 fully saturated rings. The Bertz CT molecular complexity index is 1290. The average Bonchev–Trinajstić information content (AvgIpc) is 3.26. The van der Waals surface area contributed by atoms with E-state index in [1.807, 2.05) is 24.3 Å². The molecular weight excluding hydrogens is 828 g/mol. The molecule has 63 heavy (non-hydrogen) atoms. The van der Waals surface area contributed by atoms with E-state index in [4.69, 9.17) is 18.5 Å². The van der Waals surface area contributed by atoms with Gasteiger partial charge in [-0.2, -0.15) is 0 Å². The van der Waals surface area contributed by atoms with Crippen LogP contribution in [0.2, 0.25) is 0 Å². The highest BCUT2D eigenvalue weighted by atomic mass is 31.2. The number of phosphoric acid groups is 1. The van der Waals surface area contributed by atoms with Crippen LogP contribution in [-0.2, 0) is 32.7 Å². The molecule has 0 aromatic rings. The number of hydrogen-bond donors (Lipinski definition) is 6. The van der Waals surface area contributed by atoms with Crippen molar-refractivity contribution in [1.82, 2.24) is 0 Å². The molecule has 0 saturated heterocycles. The molecule has 1 aliphatic carbocycles. The lowest BCUT2D eigenvalue weighted by atomic mass is 9.85. The molecular formula is C49H87O13P. The Labute approximate surface area is 380 Å². The van der Waals surface area contributed by atoms with Crippen LogP contribution in [0.25, 0.3) is 0 Å². The van der Waals surface area contributed by atoms with Gasteiger partial charge in [-0.05, 0) is 57.8 Å². The minimum absolute atomic E-state index is 0.0718. The van der Waals surface area contributed by atoms with E-state index in [1.165, 1.54) is 83.5 Å². The van der Waals surface area contributed by atoms with Crippen LogP contribution in [0.4, 0.5) is 0 Å². The van der Waals surface area contributed by atoms with Crippen LogP contribution >= 0.6 is 7.82 Å². The minimum atomic E-state index is -5.13. The molecule has 0 heterocycles. The van der Waals surface area contributed by atoms with Crippen LogP contribution in [0, 0.1) is 0 Å². The molecule has 1 saturated carbocycles. The molecule has 0 spiro atoms. The number of aliphatic hydroxyl groups excluding tert-OH is 5. The van der Waals surface area contributed by atoms with Crippen molar-refractivity contribution in [2.24, 2.45) is 0 Å². The summed E-state index contributed by atoms with van der Waals surface area (Å²) in [6.45, 7) is 3.15. The molecule has 0 radical (unpaired) electrons. The number of esters is 2. The van der Waals surface area contributed by atoms with Gasteiger partial charge < -0.3 is 39.9 Å². The van der Waals surface area contributed by atoms with Gasteiger partial charge in [-0.1, -0.05) is 172 Å². The zero-order chi connectivity index (χ0) is 46.4. The smallest absolute Gasteiger partial charge is 0.462 e. The third-order valence-corrected chi connectivity index (χ3v) is 12.2. The number of carbonyl (C=O) groups excluding carboxylic acids is 2. The first-order valence-corrected chi connectivity index (χ1v) is 26.0. The Balaban J connectivity index is 2.40. The standard InChI is InChI=1S/C49H87O13P/c1-3-5-7-9-11-13-15-17-18-19-20-21-22-23-24-26-27-29-31-33-35-37-42(50)59-39-41(40-60-63(57,58)62-49-47(55)45(53)44(52)46(54)48(49)56)61-43(51)38-36-34-32-30-28-25-16-14-12-10-8-6-4-2/h6,8,10,12,14,16,21-22,41,44-49,52-56H,3-5,7,9,11,13,15,17-20,23-40H2,1-2H3,(H,57,58)/b8-6+,12-10+,16-14+,22-21+/t41?,44?,45-,46?,47?,48?,49?/m0/s1. The Morgan fingerprint density at radius 1 is 0.508 bits per heavy atom. The van der Waals surface area contributed by atoms with Crippen molar-refractivity contribution in [3.05, 3.63) is 48.6 Å². The first kappa shape index (κ1) is 58.8. The first-order valence-electron chi connectivity index (χ1n) is 24.5. The lowest BCUT2D eigenvalue weighted by Gasteiger charge is -2.41. The van der Waals surface area contributed by atoms with Crippen molar-refractivity contribution >= 4 is 19.8 Å². The van der Waals surface area contributed by atoms with E-state index in [0.29, 0.717) is 12.8 Å². The molecule has 0 aromatic heterocycles. The van der Waals surface area contributed by atoms with Gasteiger partial charge in [0.25, 0.3) is 0 Å². The third-order valence-electron chi connectivity index (χ3n) is 11.2. The fourth-order valence-electron chi connectivity index (χ4n) is 7.28. The zero-order valence-electron chi connectivity index (χ0n) is 38.9. The topological polar surface area (TPSA) is 210 Å². The summed E-state index contributed by atoms with van der Waals surface area (Å²) in [7, 11) is -5.13. The predicted molar refractivity (Wildman–Crippen MR) is 249 cm³/mol. The number of unbranched alkanes of at least 4 members (excludes halogenated alkanes) is 22. The summed E-state index contributed by atoms with van der Waals surface area (Å²) >= 11 is 0. The van der Waals surface area contributed by atoms with Gasteiger partial charge in [-0.25, -0.2) is 4.57 Å². The van der Waals surface area contributed by atoms with Crippen molar-refractivity contribution < 1.29 is 63.1 Å². The molecule has 1 rings (SSSR count). The lowest BCUT2D eigenvalue weighted by molar-refractivity contribution is -0.220. The molecule has 0 aliphatic heterocycles. The number of allylic oxidation sites excluding steroid dienone is 8. The monoisotopic (exact) mass is 915 g/mol. The second-order valence-electron chi connectivity index (χ2n) is 17.0. The summed E-state index contributed by atoms with van der Waals surface area (Å²) < 4.78 is 33.5. The fraction of sp³-hybridized carbons (Fsp3) is 0.796. The van der Waals surface area contributed by atoms with Crippen LogP contribution in [0.1, 0.15) is 194 Å². The normalized spacial score (nSPS) is 22.1. The molecule has 0 bridgehead atoms. The van der Waals surface area contributed by atoms with Gasteiger partial charge in [0, 0.05) is 12.8 Å². The number of phosphoric ester groups is 1. The summed E-state index contributed by atoms with van der Waals surface area (Å²) in [6.07, 6.45) is 33.2. The van der Waals surface area contributed by atoms with Crippen molar-refractivity contribution in [1.29, 1.82) is 0 Å². The molecule has 366 valence electrons. The van der Waals surface area contributed by atoms with Crippen molar-refractivity contribution in [2.45, 2.75) is 236 Å². The minimum Gasteiger partial charge on any atom is -0.462 e. The molecule has 14 heteroatoms. The van der Waals surface area contributed by atoms with Crippen LogP contribution in [0.5, 0.6) is 0 Å². The van der Waals surface area contributed by atoms with Crippen molar-refractivity contribution in [3.8, 4) is 0 Å². The molecule has 1 aliphatic rings. The molecule has 13 nitrogen and oxygen atoms in total. The highest BCUT2D eigenvalue weighted by molar-refractivity contribution is 7.47. The predicted octanol–water partition coefficient (Wildman–Crippen LogP) is 9.95. The Morgan fingerprint density at radius 3 is 1.41 bits per heavy atom. The maximum atomic E-state index is 12.8. The summed E-state index contributed by atoms with van der Waals surface area (Å²) in [4.78, 5) is 35.7. The third kappa shape index (κ3) is 31.4. The quantitative estimate of drug-likeness (QED) is 0.0111. The SMILES string of the molecule is CC/C=C/C=C/C=C/CCCCCCCC(=O)OC(COC(=O)CCCCCCCCC/C=C/CCCCCCCCCCCC)COP(=O)(O)OC1C(O)C(O)C(O)[C@H](O)C1O. The summed E-state index contributed by atoms with van der Waals surface area (Å²) in [5.41, 5.74) is 0. The number of ether oxygens (including phenoxy) is 2. The second kappa shape index (κ2) is 39.0. The number of rotatable bonds is 40. The largest absolute Gasteiger partial charge is 0.472 e. The van der Waals surface area contributed by atoms with E-state index in [1.54, 1.807) is 0 Å². The van der Waals surface area contributed by atoms with Crippen LogP contribution in [0.15, 0.2) is 48.6 Å². The Kier molecular flexibility index (Phi) is 36.4. The second-order valence-corrected chi connectivity index (χ2v) is 18.4. The van der Waals surface area contributed by atoms with Crippen molar-refractivity contribution in [3.63, 3.8) is 0 Å². The molecule has 0 aromatic carbocycles. The van der Waals surface area contributed by atoms with Crippen LogP contribution in [-0.4, -0.2) is 98.3 Å². The number of carbonyl (C=O) groups is 2. The molecule has 0 amide bonds. The van der Waals surface area contributed by atoms with Gasteiger partial charge in [0.05, 0.1) is 6.61 Å². The van der Waals surface area contributed by atoms with Gasteiger partial charge in [-0.3, -0.25) is 18.6 Å². The van der Waals surface area contributed by atoms with E-state index in [9.17, 15) is 44.6 Å².